The molecule has 0 spiro atoms. The summed E-state index contributed by atoms with van der Waals surface area (Å²) >= 11 is 0. The monoisotopic (exact) mass is 262 g/mol. The molecule has 1 rings (SSSR count). The van der Waals surface area contributed by atoms with E-state index in [1.807, 2.05) is 0 Å². The highest BCUT2D eigenvalue weighted by Crippen LogP contribution is 2.27. The van der Waals surface area contributed by atoms with Crippen molar-refractivity contribution >= 4 is 5.69 Å². The maximum Gasteiger partial charge on any atom is 0.390 e. The summed E-state index contributed by atoms with van der Waals surface area (Å²) in [6.45, 7) is 0.166. The number of benzene rings is 1. The Balaban J connectivity index is 2.85. The topological polar surface area (TPSA) is 38.5 Å². The summed E-state index contributed by atoms with van der Waals surface area (Å²) in [5.74, 6) is 0.598. The van der Waals surface area contributed by atoms with Gasteiger partial charge >= 0.3 is 6.18 Å². The van der Waals surface area contributed by atoms with Crippen molar-refractivity contribution in [2.75, 3.05) is 25.6 Å². The van der Waals surface area contributed by atoms with Crippen molar-refractivity contribution in [1.82, 2.24) is 0 Å². The number of methoxy groups -OCH3 is 1. The smallest absolute Gasteiger partial charge is 0.390 e. The predicted molar refractivity (Wildman–Crippen MR) is 64.8 cm³/mol. The molecular weight excluding hydrogens is 245 g/mol. The van der Waals surface area contributed by atoms with Gasteiger partial charge in [-0.2, -0.15) is 13.2 Å². The Hall–Kier alpha value is -1.43. The Bertz CT molecular complexity index is 393. The first-order valence-corrected chi connectivity index (χ1v) is 5.52. The lowest BCUT2D eigenvalue weighted by molar-refractivity contribution is -0.132. The van der Waals surface area contributed by atoms with E-state index in [0.29, 0.717) is 11.4 Å². The summed E-state index contributed by atoms with van der Waals surface area (Å²) in [7, 11) is 3.12. The Morgan fingerprint density at radius 3 is 2.50 bits per heavy atom. The van der Waals surface area contributed by atoms with Crippen LogP contribution in [0.3, 0.4) is 0 Å². The first-order chi connectivity index (χ1) is 8.37. The molecule has 0 unspecified atom stereocenters. The molecule has 6 heteroatoms. The van der Waals surface area contributed by atoms with E-state index in [0.717, 1.165) is 5.56 Å². The zero-order chi connectivity index (χ0) is 13.8. The Morgan fingerprint density at radius 1 is 1.33 bits per heavy atom. The molecular formula is C12H17F3N2O. The minimum atomic E-state index is -4.16. The van der Waals surface area contributed by atoms with Gasteiger partial charge in [0.05, 0.1) is 13.5 Å². The van der Waals surface area contributed by atoms with Crippen molar-refractivity contribution in [1.29, 1.82) is 0 Å². The van der Waals surface area contributed by atoms with E-state index < -0.39 is 12.6 Å². The zero-order valence-corrected chi connectivity index (χ0v) is 10.4. The molecule has 0 aliphatic heterocycles. The van der Waals surface area contributed by atoms with Crippen LogP contribution in [-0.2, 0) is 6.54 Å². The van der Waals surface area contributed by atoms with Gasteiger partial charge in [0.1, 0.15) is 5.75 Å². The summed E-state index contributed by atoms with van der Waals surface area (Å²) in [6.07, 6.45) is -5.01. The van der Waals surface area contributed by atoms with Gasteiger partial charge in [-0.25, -0.2) is 0 Å². The number of hydrogen-bond acceptors (Lipinski definition) is 3. The van der Waals surface area contributed by atoms with Crippen LogP contribution in [0.5, 0.6) is 5.75 Å². The van der Waals surface area contributed by atoms with Gasteiger partial charge in [0.15, 0.2) is 0 Å². The average Bonchev–Trinajstić information content (AvgIpc) is 2.34. The highest BCUT2D eigenvalue weighted by molar-refractivity contribution is 5.56. The molecule has 0 atom stereocenters. The highest BCUT2D eigenvalue weighted by Gasteiger charge is 2.27. The quantitative estimate of drug-likeness (QED) is 0.886. The third-order valence-corrected chi connectivity index (χ3v) is 2.65. The van der Waals surface area contributed by atoms with Crippen molar-refractivity contribution in [3.63, 3.8) is 0 Å². The van der Waals surface area contributed by atoms with E-state index in [1.54, 1.807) is 25.2 Å². The molecule has 1 aromatic carbocycles. The molecule has 0 aliphatic carbocycles. The maximum atomic E-state index is 12.2. The van der Waals surface area contributed by atoms with Gasteiger partial charge in [0, 0.05) is 31.9 Å². The van der Waals surface area contributed by atoms with Gasteiger partial charge in [-0.3, -0.25) is 0 Å². The second-order valence-electron chi connectivity index (χ2n) is 3.99. The second-order valence-corrected chi connectivity index (χ2v) is 3.99. The lowest BCUT2D eigenvalue weighted by atomic mass is 10.1. The predicted octanol–water partition coefficient (Wildman–Crippen LogP) is 2.54. The van der Waals surface area contributed by atoms with E-state index in [-0.39, 0.29) is 13.1 Å². The van der Waals surface area contributed by atoms with E-state index in [4.69, 9.17) is 10.5 Å². The van der Waals surface area contributed by atoms with Crippen molar-refractivity contribution in [2.24, 2.45) is 5.73 Å². The van der Waals surface area contributed by atoms with Gasteiger partial charge in [0.2, 0.25) is 0 Å². The number of ether oxygens (including phenoxy) is 1. The Kier molecular flexibility index (Phi) is 4.84. The van der Waals surface area contributed by atoms with Crippen molar-refractivity contribution in [2.45, 2.75) is 19.1 Å². The Labute approximate surface area is 104 Å². The largest absolute Gasteiger partial charge is 0.497 e. The molecule has 0 saturated heterocycles. The first-order valence-electron chi connectivity index (χ1n) is 5.52. The molecule has 18 heavy (non-hydrogen) atoms. The van der Waals surface area contributed by atoms with Crippen LogP contribution < -0.4 is 15.4 Å². The fourth-order valence-corrected chi connectivity index (χ4v) is 1.61. The number of alkyl halides is 3. The normalized spacial score (nSPS) is 11.4. The van der Waals surface area contributed by atoms with Crippen LogP contribution in [0.15, 0.2) is 18.2 Å². The number of rotatable bonds is 5. The lowest BCUT2D eigenvalue weighted by Crippen LogP contribution is -2.25. The number of anilines is 1. The minimum Gasteiger partial charge on any atom is -0.497 e. The van der Waals surface area contributed by atoms with Crippen molar-refractivity contribution in [3.8, 4) is 5.75 Å². The van der Waals surface area contributed by atoms with E-state index in [9.17, 15) is 13.2 Å². The molecule has 0 fully saturated rings. The third kappa shape index (κ3) is 4.10. The molecule has 0 heterocycles. The summed E-state index contributed by atoms with van der Waals surface area (Å²) in [4.78, 5) is 1.54. The average molecular weight is 262 g/mol. The van der Waals surface area contributed by atoms with Gasteiger partial charge in [-0.05, 0) is 11.6 Å². The van der Waals surface area contributed by atoms with Crippen LogP contribution in [0.2, 0.25) is 0 Å². The van der Waals surface area contributed by atoms with Crippen LogP contribution in [0.25, 0.3) is 0 Å². The molecule has 0 aliphatic rings. The molecule has 102 valence electrons. The van der Waals surface area contributed by atoms with Gasteiger partial charge in [-0.1, -0.05) is 6.07 Å². The summed E-state index contributed by atoms with van der Waals surface area (Å²) in [5.41, 5.74) is 7.03. The minimum absolute atomic E-state index is 0.107. The summed E-state index contributed by atoms with van der Waals surface area (Å²) < 4.78 is 41.6. The molecule has 0 aromatic heterocycles. The Morgan fingerprint density at radius 2 is 2.00 bits per heavy atom. The lowest BCUT2D eigenvalue weighted by Gasteiger charge is -2.23. The number of nitrogens with zero attached hydrogens (tertiary/aromatic N) is 1. The molecule has 0 radical (unpaired) electrons. The number of hydrogen-bond donors (Lipinski definition) is 1. The fraction of sp³-hybridized carbons (Fsp3) is 0.500. The SMILES string of the molecule is COc1ccc(CN)c(N(C)CCC(F)(F)F)c1. The number of nitrogens with two attached hydrogens (primary N) is 1. The van der Waals surface area contributed by atoms with E-state index in [1.165, 1.54) is 12.0 Å². The second kappa shape index (κ2) is 5.95. The molecule has 2 N–H and O–H groups in total. The molecule has 0 bridgehead atoms. The third-order valence-electron chi connectivity index (χ3n) is 2.65. The van der Waals surface area contributed by atoms with Crippen LogP contribution >= 0.6 is 0 Å². The molecule has 3 nitrogen and oxygen atoms in total. The van der Waals surface area contributed by atoms with E-state index in [2.05, 4.69) is 0 Å². The van der Waals surface area contributed by atoms with E-state index >= 15 is 0 Å². The van der Waals surface area contributed by atoms with Gasteiger partial charge in [0.25, 0.3) is 0 Å². The molecule has 0 saturated carbocycles. The first kappa shape index (κ1) is 14.6. The standard InChI is InChI=1S/C12H17F3N2O/c1-17(6-5-12(13,14)15)11-7-10(18-2)4-3-9(11)8-16/h3-4,7H,5-6,8,16H2,1-2H3. The fourth-order valence-electron chi connectivity index (χ4n) is 1.61. The summed E-state index contributed by atoms with van der Waals surface area (Å²) in [6, 6.07) is 5.19. The number of halogens is 3. The van der Waals surface area contributed by atoms with Crippen LogP contribution in [0.4, 0.5) is 18.9 Å². The zero-order valence-electron chi connectivity index (χ0n) is 10.4. The molecule has 0 amide bonds. The highest BCUT2D eigenvalue weighted by atomic mass is 19.4. The van der Waals surface area contributed by atoms with Crippen molar-refractivity contribution < 1.29 is 17.9 Å². The van der Waals surface area contributed by atoms with Gasteiger partial charge in [-0.15, -0.1) is 0 Å². The summed E-state index contributed by atoms with van der Waals surface area (Å²) in [5, 5.41) is 0. The van der Waals surface area contributed by atoms with Crippen LogP contribution in [-0.4, -0.2) is 26.9 Å². The molecule has 1 aromatic rings. The van der Waals surface area contributed by atoms with Crippen LogP contribution in [0.1, 0.15) is 12.0 Å². The van der Waals surface area contributed by atoms with Crippen LogP contribution in [0, 0.1) is 0 Å². The van der Waals surface area contributed by atoms with Gasteiger partial charge < -0.3 is 15.4 Å². The maximum absolute atomic E-state index is 12.2. The van der Waals surface area contributed by atoms with Crippen molar-refractivity contribution in [3.05, 3.63) is 23.8 Å².